The molecule has 1 aromatic carbocycles. The molecule has 0 N–H and O–H groups in total. The van der Waals surface area contributed by atoms with E-state index in [4.69, 9.17) is 0 Å². The van der Waals surface area contributed by atoms with E-state index in [9.17, 15) is 9.18 Å². The van der Waals surface area contributed by atoms with Crippen molar-refractivity contribution in [2.45, 2.75) is 6.92 Å². The van der Waals surface area contributed by atoms with E-state index in [1.807, 2.05) is 0 Å². The monoisotopic (exact) mass is 168 g/mol. The lowest BCUT2D eigenvalue weighted by Gasteiger charge is -2.00. The van der Waals surface area contributed by atoms with Gasteiger partial charge in [0, 0.05) is 0 Å². The molecule has 0 saturated carbocycles. The molecule has 0 aliphatic heterocycles. The van der Waals surface area contributed by atoms with Gasteiger partial charge in [0.15, 0.2) is 0 Å². The van der Waals surface area contributed by atoms with E-state index >= 15 is 0 Å². The van der Waals surface area contributed by atoms with Crippen LogP contribution < -0.4 is 0 Å². The number of hydrogen-bond acceptors (Lipinski definition) is 2. The van der Waals surface area contributed by atoms with Gasteiger partial charge in [-0.15, -0.1) is 0 Å². The molecule has 2 nitrogen and oxygen atoms in total. The molecule has 1 aromatic rings. The average Bonchev–Trinajstić information content (AvgIpc) is 2.05. The maximum absolute atomic E-state index is 12.6. The smallest absolute Gasteiger partial charge is 0.338 e. The second-order valence-electron chi connectivity index (χ2n) is 2.23. The molecule has 0 radical (unpaired) electrons. The van der Waals surface area contributed by atoms with Crippen LogP contribution in [0.3, 0.4) is 0 Å². The van der Waals surface area contributed by atoms with Crippen LogP contribution >= 0.6 is 0 Å². The molecule has 3 heteroatoms. The van der Waals surface area contributed by atoms with Gasteiger partial charge >= 0.3 is 5.97 Å². The van der Waals surface area contributed by atoms with Crippen LogP contribution in [0.25, 0.3) is 0 Å². The Bertz CT molecular complexity index is 284. The molecule has 12 heavy (non-hydrogen) atoms. The first-order valence-electron chi connectivity index (χ1n) is 3.66. The van der Waals surface area contributed by atoms with Crippen molar-refractivity contribution in [3.63, 3.8) is 0 Å². The van der Waals surface area contributed by atoms with Crippen molar-refractivity contribution in [3.8, 4) is 0 Å². The molecule has 0 spiro atoms. The van der Waals surface area contributed by atoms with Crippen molar-refractivity contribution in [3.05, 3.63) is 35.6 Å². The second-order valence-corrected chi connectivity index (χ2v) is 2.23. The van der Waals surface area contributed by atoms with Crippen LogP contribution in [0, 0.1) is 5.82 Å². The quantitative estimate of drug-likeness (QED) is 0.631. The van der Waals surface area contributed by atoms with Gasteiger partial charge in [0.25, 0.3) is 0 Å². The van der Waals surface area contributed by atoms with Crippen LogP contribution in [0.2, 0.25) is 0 Å². The highest BCUT2D eigenvalue weighted by molar-refractivity contribution is 5.89. The molecule has 1 rings (SSSR count). The number of ether oxygens (including phenoxy) is 1. The van der Waals surface area contributed by atoms with Crippen LogP contribution in [-0.4, -0.2) is 12.6 Å². The Morgan fingerprint density at radius 1 is 1.58 bits per heavy atom. The highest BCUT2D eigenvalue weighted by Crippen LogP contribution is 2.04. The molecular formula is C9H9FO2. The number of hydrogen-bond donors (Lipinski definition) is 0. The van der Waals surface area contributed by atoms with E-state index in [-0.39, 0.29) is 5.56 Å². The summed E-state index contributed by atoms with van der Waals surface area (Å²) >= 11 is 0. The van der Waals surface area contributed by atoms with Crippen molar-refractivity contribution in [2.24, 2.45) is 0 Å². The summed E-state index contributed by atoms with van der Waals surface area (Å²) in [5.41, 5.74) is 0.247. The fourth-order valence-corrected chi connectivity index (χ4v) is 0.830. The van der Waals surface area contributed by atoms with Gasteiger partial charge in [0.05, 0.1) is 12.2 Å². The molecule has 0 heterocycles. The summed E-state index contributed by atoms with van der Waals surface area (Å²) in [6.07, 6.45) is 0. The van der Waals surface area contributed by atoms with Gasteiger partial charge in [-0.25, -0.2) is 9.18 Å². The zero-order valence-corrected chi connectivity index (χ0v) is 6.71. The summed E-state index contributed by atoms with van der Waals surface area (Å²) in [6.45, 7) is 2.01. The summed E-state index contributed by atoms with van der Waals surface area (Å²) in [7, 11) is 0. The van der Waals surface area contributed by atoms with Crippen LogP contribution in [0.15, 0.2) is 24.3 Å². The maximum Gasteiger partial charge on any atom is 0.338 e. The number of carbonyl (C=O) groups excluding carboxylic acids is 1. The highest BCUT2D eigenvalue weighted by Gasteiger charge is 2.05. The summed E-state index contributed by atoms with van der Waals surface area (Å²) < 4.78 is 17.2. The third-order valence-electron chi connectivity index (χ3n) is 1.34. The standard InChI is InChI=1S/C9H9FO2/c1-2-12-9(11)7-4-3-5-8(10)6-7/h3-6H,2H2,1H3. The summed E-state index contributed by atoms with van der Waals surface area (Å²) in [4.78, 5) is 11.0. The average molecular weight is 168 g/mol. The third-order valence-corrected chi connectivity index (χ3v) is 1.34. The van der Waals surface area contributed by atoms with Gasteiger partial charge in [-0.1, -0.05) is 6.07 Å². The van der Waals surface area contributed by atoms with Crippen LogP contribution in [0.4, 0.5) is 4.39 Å². The number of carbonyl (C=O) groups is 1. The number of benzene rings is 1. The molecule has 64 valence electrons. The third kappa shape index (κ3) is 2.05. The molecule has 0 fully saturated rings. The van der Waals surface area contributed by atoms with Crippen LogP contribution in [0.1, 0.15) is 17.3 Å². The predicted octanol–water partition coefficient (Wildman–Crippen LogP) is 2.00. The predicted molar refractivity (Wildman–Crippen MR) is 42.4 cm³/mol. The Hall–Kier alpha value is -1.38. The normalized spacial score (nSPS) is 9.50. The Morgan fingerprint density at radius 2 is 2.33 bits per heavy atom. The summed E-state index contributed by atoms with van der Waals surface area (Å²) in [6, 6.07) is 5.42. The fourth-order valence-electron chi connectivity index (χ4n) is 0.830. The molecule has 0 aliphatic carbocycles. The number of rotatable bonds is 2. The van der Waals surface area contributed by atoms with Crippen molar-refractivity contribution in [2.75, 3.05) is 6.61 Å². The molecule has 0 aliphatic rings. The Labute approximate surface area is 70.0 Å². The zero-order valence-electron chi connectivity index (χ0n) is 6.71. The van der Waals surface area contributed by atoms with Gasteiger partial charge in [-0.05, 0) is 25.1 Å². The van der Waals surface area contributed by atoms with Gasteiger partial charge < -0.3 is 4.74 Å². The van der Waals surface area contributed by atoms with Gasteiger partial charge in [0.1, 0.15) is 5.82 Å². The van der Waals surface area contributed by atoms with E-state index in [1.165, 1.54) is 18.2 Å². The summed E-state index contributed by atoms with van der Waals surface area (Å²) in [5, 5.41) is 0. The van der Waals surface area contributed by atoms with Crippen molar-refractivity contribution in [1.82, 2.24) is 0 Å². The van der Waals surface area contributed by atoms with Crippen LogP contribution in [0.5, 0.6) is 0 Å². The van der Waals surface area contributed by atoms with E-state index in [2.05, 4.69) is 4.74 Å². The van der Waals surface area contributed by atoms with E-state index < -0.39 is 11.8 Å². The molecule has 0 unspecified atom stereocenters. The topological polar surface area (TPSA) is 26.3 Å². The Kier molecular flexibility index (Phi) is 2.80. The van der Waals surface area contributed by atoms with Crippen molar-refractivity contribution >= 4 is 5.97 Å². The first-order valence-corrected chi connectivity index (χ1v) is 3.66. The highest BCUT2D eigenvalue weighted by atomic mass is 19.1. The SMILES string of the molecule is CCOC(=O)c1cccc(F)c1. The minimum absolute atomic E-state index is 0.247. The lowest BCUT2D eigenvalue weighted by Crippen LogP contribution is -2.04. The number of halogens is 1. The maximum atomic E-state index is 12.6. The Balaban J connectivity index is 2.81. The molecular weight excluding hydrogens is 159 g/mol. The van der Waals surface area contributed by atoms with Crippen molar-refractivity contribution < 1.29 is 13.9 Å². The Morgan fingerprint density at radius 3 is 2.92 bits per heavy atom. The van der Waals surface area contributed by atoms with Gasteiger partial charge in [-0.3, -0.25) is 0 Å². The molecule has 0 atom stereocenters. The first kappa shape index (κ1) is 8.71. The van der Waals surface area contributed by atoms with Crippen molar-refractivity contribution in [1.29, 1.82) is 0 Å². The molecule has 0 aromatic heterocycles. The first-order chi connectivity index (χ1) is 5.74. The lowest BCUT2D eigenvalue weighted by atomic mass is 10.2. The largest absolute Gasteiger partial charge is 0.462 e. The fraction of sp³-hybridized carbons (Fsp3) is 0.222. The molecule has 0 bridgehead atoms. The zero-order chi connectivity index (χ0) is 8.97. The minimum atomic E-state index is -0.489. The van der Waals surface area contributed by atoms with E-state index in [0.717, 1.165) is 6.07 Å². The summed E-state index contributed by atoms with van der Waals surface area (Å²) in [5.74, 6) is -0.919. The van der Waals surface area contributed by atoms with Gasteiger partial charge in [0.2, 0.25) is 0 Å². The minimum Gasteiger partial charge on any atom is -0.462 e. The number of esters is 1. The van der Waals surface area contributed by atoms with Crippen LogP contribution in [-0.2, 0) is 4.74 Å². The lowest BCUT2D eigenvalue weighted by molar-refractivity contribution is 0.0526. The van der Waals surface area contributed by atoms with E-state index in [0.29, 0.717) is 6.61 Å². The van der Waals surface area contributed by atoms with E-state index in [1.54, 1.807) is 6.92 Å². The molecule has 0 saturated heterocycles. The van der Waals surface area contributed by atoms with Gasteiger partial charge in [-0.2, -0.15) is 0 Å². The molecule has 0 amide bonds. The second kappa shape index (κ2) is 3.85.